The van der Waals surface area contributed by atoms with Crippen LogP contribution in [-0.2, 0) is 4.74 Å². The molecule has 1 aliphatic heterocycles. The zero-order valence-electron chi connectivity index (χ0n) is 13.8. The molecule has 1 saturated heterocycles. The lowest BCUT2D eigenvalue weighted by Gasteiger charge is -2.33. The third kappa shape index (κ3) is 4.07. The van der Waals surface area contributed by atoms with Crippen molar-refractivity contribution in [2.45, 2.75) is 12.5 Å². The minimum atomic E-state index is -0.428. The number of primary amides is 1. The second kappa shape index (κ2) is 7.77. The molecule has 0 bridgehead atoms. The number of nitrogens with two attached hydrogens (primary N) is 2. The first-order valence-electron chi connectivity index (χ1n) is 8.18. The van der Waals surface area contributed by atoms with E-state index in [1.165, 1.54) is 11.3 Å². The molecule has 132 valence electrons. The number of benzene rings is 1. The molecular formula is C18H21N3O3S. The number of nitrogens with zero attached hydrogens (tertiary/aromatic N) is 1. The molecule has 1 aromatic carbocycles. The Morgan fingerprint density at radius 3 is 2.64 bits per heavy atom. The van der Waals surface area contributed by atoms with Crippen molar-refractivity contribution in [3.63, 3.8) is 0 Å². The molecular weight excluding hydrogens is 338 g/mol. The van der Waals surface area contributed by atoms with Crippen molar-refractivity contribution < 1.29 is 14.3 Å². The average molecular weight is 359 g/mol. The van der Waals surface area contributed by atoms with Crippen LogP contribution in [0.4, 0.5) is 0 Å². The van der Waals surface area contributed by atoms with Gasteiger partial charge in [0, 0.05) is 18.7 Å². The number of carbonyl (C=O) groups is 2. The molecule has 3 rings (SSSR count). The van der Waals surface area contributed by atoms with Gasteiger partial charge in [0.1, 0.15) is 0 Å². The van der Waals surface area contributed by atoms with E-state index in [9.17, 15) is 9.59 Å². The lowest BCUT2D eigenvalue weighted by molar-refractivity contribution is -0.0236. The summed E-state index contributed by atoms with van der Waals surface area (Å²) in [6.45, 7) is 2.26. The molecule has 4 N–H and O–H groups in total. The van der Waals surface area contributed by atoms with Gasteiger partial charge in [0.2, 0.25) is 0 Å². The normalized spacial score (nSPS) is 17.5. The first-order valence-corrected chi connectivity index (χ1v) is 9.06. The SMILES string of the molecule is NCC[C@@H]1CN(C(=O)c2ccc(-c3csc(C(N)=O)c3)cc2)CCO1. The van der Waals surface area contributed by atoms with Crippen LogP contribution in [0.25, 0.3) is 11.1 Å². The molecule has 0 unspecified atom stereocenters. The number of thiophene rings is 1. The van der Waals surface area contributed by atoms with Crippen LogP contribution in [0.15, 0.2) is 35.7 Å². The average Bonchev–Trinajstić information content (AvgIpc) is 3.12. The molecule has 25 heavy (non-hydrogen) atoms. The molecule has 7 heteroatoms. The first-order chi connectivity index (χ1) is 12.1. The van der Waals surface area contributed by atoms with E-state index in [4.69, 9.17) is 16.2 Å². The van der Waals surface area contributed by atoms with Crippen LogP contribution in [0, 0.1) is 0 Å². The van der Waals surface area contributed by atoms with E-state index in [0.29, 0.717) is 36.7 Å². The molecule has 0 aliphatic carbocycles. The van der Waals surface area contributed by atoms with Crippen LogP contribution in [0.1, 0.15) is 26.5 Å². The fourth-order valence-corrected chi connectivity index (χ4v) is 3.64. The zero-order valence-corrected chi connectivity index (χ0v) is 14.6. The highest BCUT2D eigenvalue weighted by Gasteiger charge is 2.24. The Morgan fingerprint density at radius 1 is 1.24 bits per heavy atom. The smallest absolute Gasteiger partial charge is 0.258 e. The maximum atomic E-state index is 12.7. The van der Waals surface area contributed by atoms with Gasteiger partial charge >= 0.3 is 0 Å². The minimum absolute atomic E-state index is 0.0000139. The Labute approximate surface area is 150 Å². The van der Waals surface area contributed by atoms with E-state index >= 15 is 0 Å². The summed E-state index contributed by atoms with van der Waals surface area (Å²) < 4.78 is 5.62. The van der Waals surface area contributed by atoms with Crippen molar-refractivity contribution in [3.05, 3.63) is 46.2 Å². The second-order valence-corrected chi connectivity index (χ2v) is 6.87. The van der Waals surface area contributed by atoms with Crippen molar-refractivity contribution in [1.82, 2.24) is 4.90 Å². The van der Waals surface area contributed by atoms with Gasteiger partial charge in [-0.25, -0.2) is 0 Å². The Morgan fingerprint density at radius 2 is 2.00 bits per heavy atom. The number of morpholine rings is 1. The summed E-state index contributed by atoms with van der Waals surface area (Å²) in [7, 11) is 0. The second-order valence-electron chi connectivity index (χ2n) is 5.96. The number of amides is 2. The van der Waals surface area contributed by atoms with Crippen LogP contribution in [0.5, 0.6) is 0 Å². The predicted octanol–water partition coefficient (Wildman–Crippen LogP) is 1.70. The van der Waals surface area contributed by atoms with Crippen LogP contribution >= 0.6 is 11.3 Å². The standard InChI is InChI=1S/C18H21N3O3S/c19-6-5-15-10-21(7-8-24-15)18(23)13-3-1-12(2-4-13)14-9-16(17(20)22)25-11-14/h1-4,9,11,15H,5-8,10,19H2,(H2,20,22)/t15-/m1/s1. The highest BCUT2D eigenvalue weighted by atomic mass is 32.1. The summed E-state index contributed by atoms with van der Waals surface area (Å²) in [5, 5.41) is 1.89. The largest absolute Gasteiger partial charge is 0.374 e. The molecule has 1 fully saturated rings. The number of ether oxygens (including phenoxy) is 1. The van der Waals surface area contributed by atoms with Crippen molar-refractivity contribution in [1.29, 1.82) is 0 Å². The van der Waals surface area contributed by atoms with E-state index in [-0.39, 0.29) is 12.0 Å². The van der Waals surface area contributed by atoms with Gasteiger partial charge in [0.05, 0.1) is 17.6 Å². The van der Waals surface area contributed by atoms with E-state index in [0.717, 1.165) is 17.5 Å². The van der Waals surface area contributed by atoms with Gasteiger partial charge in [-0.15, -0.1) is 11.3 Å². The summed E-state index contributed by atoms with van der Waals surface area (Å²) in [6.07, 6.45) is 0.767. The maximum absolute atomic E-state index is 12.7. The Bertz CT molecular complexity index is 755. The highest BCUT2D eigenvalue weighted by Crippen LogP contribution is 2.26. The Balaban J connectivity index is 1.70. The van der Waals surface area contributed by atoms with Gasteiger partial charge in [-0.2, -0.15) is 0 Å². The van der Waals surface area contributed by atoms with E-state index in [2.05, 4.69) is 0 Å². The monoisotopic (exact) mass is 359 g/mol. The number of carbonyl (C=O) groups excluding carboxylic acids is 2. The molecule has 0 saturated carbocycles. The third-order valence-corrected chi connectivity index (χ3v) is 5.17. The first kappa shape index (κ1) is 17.6. The fraction of sp³-hybridized carbons (Fsp3) is 0.333. The highest BCUT2D eigenvalue weighted by molar-refractivity contribution is 7.12. The number of rotatable bonds is 5. The van der Waals surface area contributed by atoms with E-state index in [1.54, 1.807) is 6.07 Å². The van der Waals surface area contributed by atoms with Gasteiger partial charge in [-0.1, -0.05) is 12.1 Å². The van der Waals surface area contributed by atoms with Gasteiger partial charge < -0.3 is 21.1 Å². The van der Waals surface area contributed by atoms with Gasteiger partial charge in [-0.3, -0.25) is 9.59 Å². The lowest BCUT2D eigenvalue weighted by Crippen LogP contribution is -2.46. The lowest BCUT2D eigenvalue weighted by atomic mass is 10.1. The summed E-state index contributed by atoms with van der Waals surface area (Å²) in [4.78, 5) is 26.2. The van der Waals surface area contributed by atoms with Crippen molar-refractivity contribution >= 4 is 23.2 Å². The summed E-state index contributed by atoms with van der Waals surface area (Å²) >= 11 is 1.32. The van der Waals surface area contributed by atoms with Gasteiger partial charge in [0.25, 0.3) is 11.8 Å². The summed E-state index contributed by atoms with van der Waals surface area (Å²) in [5.41, 5.74) is 13.4. The molecule has 0 spiro atoms. The molecule has 2 amide bonds. The van der Waals surface area contributed by atoms with Crippen LogP contribution in [0.3, 0.4) is 0 Å². The van der Waals surface area contributed by atoms with Crippen LogP contribution in [0.2, 0.25) is 0 Å². The fourth-order valence-electron chi connectivity index (χ4n) is 2.87. The Hall–Kier alpha value is -2.22. The molecule has 2 heterocycles. The maximum Gasteiger partial charge on any atom is 0.258 e. The molecule has 1 atom stereocenters. The number of hydrogen-bond acceptors (Lipinski definition) is 5. The zero-order chi connectivity index (χ0) is 17.8. The minimum Gasteiger partial charge on any atom is -0.374 e. The van der Waals surface area contributed by atoms with Crippen molar-refractivity contribution in [2.75, 3.05) is 26.2 Å². The molecule has 6 nitrogen and oxygen atoms in total. The van der Waals surface area contributed by atoms with Crippen LogP contribution in [-0.4, -0.2) is 49.1 Å². The number of hydrogen-bond donors (Lipinski definition) is 2. The Kier molecular flexibility index (Phi) is 5.47. The molecule has 2 aromatic rings. The quantitative estimate of drug-likeness (QED) is 0.849. The molecule has 1 aromatic heterocycles. The van der Waals surface area contributed by atoms with E-state index in [1.807, 2.05) is 34.5 Å². The van der Waals surface area contributed by atoms with Gasteiger partial charge in [0.15, 0.2) is 0 Å². The van der Waals surface area contributed by atoms with Crippen LogP contribution < -0.4 is 11.5 Å². The summed E-state index contributed by atoms with van der Waals surface area (Å²) in [6, 6.07) is 9.16. The summed E-state index contributed by atoms with van der Waals surface area (Å²) in [5.74, 6) is -0.428. The molecule has 1 aliphatic rings. The molecule has 0 radical (unpaired) electrons. The van der Waals surface area contributed by atoms with Crippen molar-refractivity contribution in [2.24, 2.45) is 11.5 Å². The third-order valence-electron chi connectivity index (χ3n) is 4.22. The predicted molar refractivity (Wildman–Crippen MR) is 97.6 cm³/mol. The van der Waals surface area contributed by atoms with Crippen molar-refractivity contribution in [3.8, 4) is 11.1 Å². The van der Waals surface area contributed by atoms with E-state index < -0.39 is 5.91 Å². The topological polar surface area (TPSA) is 98.6 Å². The van der Waals surface area contributed by atoms with Gasteiger partial charge in [-0.05, 0) is 47.7 Å².